The summed E-state index contributed by atoms with van der Waals surface area (Å²) in [5.74, 6) is 1.30. The highest BCUT2D eigenvalue weighted by atomic mass is 32.2. The fourth-order valence-corrected chi connectivity index (χ4v) is 9.72. The lowest BCUT2D eigenvalue weighted by Crippen LogP contribution is -2.07. The normalized spacial score (nSPS) is 13.2. The number of sulfone groups is 1. The third kappa shape index (κ3) is 4.27. The van der Waals surface area contributed by atoms with Crippen LogP contribution in [0, 0.1) is 0 Å². The van der Waals surface area contributed by atoms with Gasteiger partial charge in [0.2, 0.25) is 15.8 Å². The Hall–Kier alpha value is -6.90. The van der Waals surface area contributed by atoms with Crippen LogP contribution in [-0.2, 0) is 9.84 Å². The zero-order chi connectivity index (χ0) is 35.3. The number of para-hydroxylation sites is 3. The average molecular weight is 702 g/mol. The van der Waals surface area contributed by atoms with E-state index < -0.39 is 9.84 Å². The number of fused-ring (bicyclic) bond motifs is 10. The van der Waals surface area contributed by atoms with Gasteiger partial charge in [0, 0.05) is 49.5 Å². The first-order valence-corrected chi connectivity index (χ1v) is 18.9. The Labute approximate surface area is 304 Å². The number of hydrogen-bond donors (Lipinski definition) is 0. The van der Waals surface area contributed by atoms with Gasteiger partial charge in [0.1, 0.15) is 0 Å². The summed E-state index contributed by atoms with van der Waals surface area (Å²) in [5.41, 5.74) is 7.89. The lowest BCUT2D eigenvalue weighted by atomic mass is 10.0. The molecule has 10 aromatic rings. The van der Waals surface area contributed by atoms with Gasteiger partial charge in [-0.2, -0.15) is 9.97 Å². The van der Waals surface area contributed by atoms with Gasteiger partial charge in [-0.3, -0.25) is 4.57 Å². The van der Waals surface area contributed by atoms with Gasteiger partial charge in [-0.25, -0.2) is 13.4 Å². The summed E-state index contributed by atoms with van der Waals surface area (Å²) in [6.45, 7) is 0. The first-order valence-electron chi connectivity index (χ1n) is 17.4. The summed E-state index contributed by atoms with van der Waals surface area (Å²) < 4.78 is 32.0. The fraction of sp³-hybridized carbons (Fsp3) is 0. The van der Waals surface area contributed by atoms with Gasteiger partial charge in [-0.05, 0) is 36.4 Å². The topological polar surface area (TPSA) is 82.7 Å². The first kappa shape index (κ1) is 29.8. The molecule has 11 rings (SSSR count). The van der Waals surface area contributed by atoms with Gasteiger partial charge in [0.15, 0.2) is 11.6 Å². The molecule has 0 amide bonds. The molecule has 0 atom stereocenters. The molecule has 0 spiro atoms. The van der Waals surface area contributed by atoms with Gasteiger partial charge in [0.25, 0.3) is 0 Å². The lowest BCUT2D eigenvalue weighted by Gasteiger charge is -2.13. The highest BCUT2D eigenvalue weighted by Gasteiger charge is 2.33. The molecule has 0 fully saturated rings. The molecule has 7 aromatic carbocycles. The Balaban J connectivity index is 1.25. The summed E-state index contributed by atoms with van der Waals surface area (Å²) in [6.07, 6.45) is 0. The monoisotopic (exact) mass is 701 g/mol. The summed E-state index contributed by atoms with van der Waals surface area (Å²) in [7, 11) is -3.72. The van der Waals surface area contributed by atoms with E-state index >= 15 is 0 Å². The van der Waals surface area contributed by atoms with Crippen molar-refractivity contribution in [1.29, 1.82) is 0 Å². The van der Waals surface area contributed by atoms with E-state index in [2.05, 4.69) is 88.0 Å². The van der Waals surface area contributed by atoms with Crippen LogP contribution in [0.1, 0.15) is 0 Å². The predicted octanol–water partition coefficient (Wildman–Crippen LogP) is 10.2. The molecule has 0 saturated carbocycles. The number of nitrogens with zero attached hydrogens (tertiary/aromatic N) is 5. The van der Waals surface area contributed by atoms with Crippen LogP contribution in [-0.4, -0.2) is 32.5 Å². The van der Waals surface area contributed by atoms with E-state index in [4.69, 9.17) is 15.0 Å². The van der Waals surface area contributed by atoms with Crippen molar-refractivity contribution in [2.45, 2.75) is 9.79 Å². The van der Waals surface area contributed by atoms with Crippen LogP contribution in [0.2, 0.25) is 0 Å². The number of hydrogen-bond acceptors (Lipinski definition) is 5. The predicted molar refractivity (Wildman–Crippen MR) is 210 cm³/mol. The van der Waals surface area contributed by atoms with Crippen molar-refractivity contribution in [2.75, 3.05) is 0 Å². The Morgan fingerprint density at radius 2 is 0.962 bits per heavy atom. The minimum absolute atomic E-state index is 0.255. The zero-order valence-electron chi connectivity index (χ0n) is 28.0. The van der Waals surface area contributed by atoms with E-state index in [1.54, 1.807) is 18.2 Å². The van der Waals surface area contributed by atoms with Crippen molar-refractivity contribution in [3.63, 3.8) is 0 Å². The van der Waals surface area contributed by atoms with Crippen molar-refractivity contribution in [3.05, 3.63) is 164 Å². The van der Waals surface area contributed by atoms with E-state index in [-0.39, 0.29) is 4.90 Å². The minimum Gasteiger partial charge on any atom is -0.307 e. The molecule has 0 saturated heterocycles. The molecule has 4 heterocycles. The van der Waals surface area contributed by atoms with Gasteiger partial charge >= 0.3 is 0 Å². The van der Waals surface area contributed by atoms with E-state index in [9.17, 15) is 8.42 Å². The molecule has 1 aliphatic rings. The van der Waals surface area contributed by atoms with Crippen LogP contribution in [0.25, 0.3) is 89.2 Å². The average Bonchev–Trinajstić information content (AvgIpc) is 3.82. The molecule has 7 nitrogen and oxygen atoms in total. The maximum absolute atomic E-state index is 13.8. The highest BCUT2D eigenvalue weighted by Crippen LogP contribution is 2.45. The van der Waals surface area contributed by atoms with Crippen molar-refractivity contribution in [1.82, 2.24) is 24.1 Å². The molecule has 0 bridgehead atoms. The van der Waals surface area contributed by atoms with Crippen LogP contribution in [0.5, 0.6) is 0 Å². The molecule has 0 unspecified atom stereocenters. The highest BCUT2D eigenvalue weighted by molar-refractivity contribution is 7.92. The van der Waals surface area contributed by atoms with E-state index in [1.165, 1.54) is 0 Å². The lowest BCUT2D eigenvalue weighted by molar-refractivity contribution is 0.598. The third-order valence-electron chi connectivity index (χ3n) is 10.3. The molecule has 8 heteroatoms. The summed E-state index contributed by atoms with van der Waals surface area (Å²) in [6, 6.07) is 54.1. The van der Waals surface area contributed by atoms with Gasteiger partial charge < -0.3 is 4.57 Å². The molecule has 0 N–H and O–H groups in total. The standard InChI is InChI=1S/C45H27N5O2S/c51-53(52)39-22-12-9-19-33(39)34-24-23-29(27-40(34)53)44-46-43(28-13-3-1-4-14-28)47-45(48-44)50-38-21-11-8-18-32(38)36-26-25-35-31-17-7-10-20-37(31)49(41(35)42(36)50)30-15-5-2-6-16-30/h1-27H. The second-order valence-electron chi connectivity index (χ2n) is 13.3. The smallest absolute Gasteiger partial charge is 0.238 e. The van der Waals surface area contributed by atoms with E-state index in [0.29, 0.717) is 39.2 Å². The Kier molecular flexibility index (Phi) is 6.21. The maximum atomic E-state index is 13.8. The maximum Gasteiger partial charge on any atom is 0.238 e. The van der Waals surface area contributed by atoms with Crippen LogP contribution < -0.4 is 0 Å². The Morgan fingerprint density at radius 1 is 0.415 bits per heavy atom. The second kappa shape index (κ2) is 11.0. The number of rotatable bonds is 4. The Bertz CT molecular complexity index is 3240. The Morgan fingerprint density at radius 3 is 1.68 bits per heavy atom. The SMILES string of the molecule is O=S1(=O)c2ccccc2-c2ccc(-c3nc(-c4ccccc4)nc(-n4c5ccccc5c5ccc6c7ccccc7n(-c7ccccc7)c6c54)n3)cc21. The van der Waals surface area contributed by atoms with Gasteiger partial charge in [-0.15, -0.1) is 0 Å². The van der Waals surface area contributed by atoms with Gasteiger partial charge in [0.05, 0.1) is 31.9 Å². The number of aromatic nitrogens is 5. The molecule has 53 heavy (non-hydrogen) atoms. The fourth-order valence-electron chi connectivity index (χ4n) is 8.01. The summed E-state index contributed by atoms with van der Waals surface area (Å²) in [5, 5.41) is 4.39. The summed E-state index contributed by atoms with van der Waals surface area (Å²) >= 11 is 0. The van der Waals surface area contributed by atoms with Crippen molar-refractivity contribution in [3.8, 4) is 45.5 Å². The minimum atomic E-state index is -3.72. The van der Waals surface area contributed by atoms with Crippen LogP contribution in [0.15, 0.2) is 174 Å². The second-order valence-corrected chi connectivity index (χ2v) is 15.1. The molecule has 0 radical (unpaired) electrons. The van der Waals surface area contributed by atoms with Crippen LogP contribution in [0.3, 0.4) is 0 Å². The van der Waals surface area contributed by atoms with Crippen LogP contribution in [0.4, 0.5) is 0 Å². The first-order chi connectivity index (χ1) is 26.1. The zero-order valence-corrected chi connectivity index (χ0v) is 28.9. The van der Waals surface area contributed by atoms with Gasteiger partial charge in [-0.1, -0.05) is 127 Å². The van der Waals surface area contributed by atoms with E-state index in [1.807, 2.05) is 66.7 Å². The van der Waals surface area contributed by atoms with Crippen molar-refractivity contribution < 1.29 is 8.42 Å². The van der Waals surface area contributed by atoms with Crippen LogP contribution >= 0.6 is 0 Å². The number of benzene rings is 7. The molecular weight excluding hydrogens is 675 g/mol. The summed E-state index contributed by atoms with van der Waals surface area (Å²) in [4.78, 5) is 15.9. The molecule has 3 aromatic heterocycles. The van der Waals surface area contributed by atoms with Crippen molar-refractivity contribution >= 4 is 53.4 Å². The quantitative estimate of drug-likeness (QED) is 0.182. The molecule has 1 aliphatic heterocycles. The molecule has 250 valence electrons. The molecular formula is C45H27N5O2S. The largest absolute Gasteiger partial charge is 0.307 e. The third-order valence-corrected chi connectivity index (χ3v) is 12.2. The molecule has 0 aliphatic carbocycles. The van der Waals surface area contributed by atoms with Crippen molar-refractivity contribution in [2.24, 2.45) is 0 Å². The van der Waals surface area contributed by atoms with E-state index in [0.717, 1.165) is 54.9 Å².